The number of benzene rings is 2. The van der Waals surface area contributed by atoms with Crippen LogP contribution in [0.25, 0.3) is 0 Å². The first-order chi connectivity index (χ1) is 15.5. The molecular weight excluding hydrogens is 612 g/mol. The van der Waals surface area contributed by atoms with Gasteiger partial charge in [-0.3, -0.25) is 29.2 Å². The van der Waals surface area contributed by atoms with Crippen LogP contribution in [0.3, 0.4) is 0 Å². The number of nitro benzene ring substituents is 2. The zero-order valence-corrected chi connectivity index (χ0v) is 25.3. The zero-order valence-electron chi connectivity index (χ0n) is 22.2. The molecule has 0 unspecified atom stereocenters. The van der Waals surface area contributed by atoms with Crippen LogP contribution in [0.15, 0.2) is 48.5 Å². The van der Waals surface area contributed by atoms with Gasteiger partial charge in [0.15, 0.2) is 0 Å². The second kappa shape index (κ2) is 18.3. The number of hydrogen-bond acceptors (Lipinski definition) is 4. The number of nitrogens with zero attached hydrogens (tertiary/aromatic N) is 4. The van der Waals surface area contributed by atoms with Crippen LogP contribution in [-0.2, 0) is 0 Å². The highest BCUT2D eigenvalue weighted by atomic mass is 79.9. The average molecular weight is 654 g/mol. The van der Waals surface area contributed by atoms with Gasteiger partial charge in [-0.25, -0.2) is 0 Å². The Morgan fingerprint density at radius 1 is 0.541 bits per heavy atom. The Morgan fingerprint density at radius 2 is 0.784 bits per heavy atom. The van der Waals surface area contributed by atoms with Crippen molar-refractivity contribution in [1.29, 1.82) is 0 Å². The van der Waals surface area contributed by atoms with Gasteiger partial charge >= 0.3 is 0 Å². The third-order valence-electron chi connectivity index (χ3n) is 6.45. The highest BCUT2D eigenvalue weighted by molar-refractivity contribution is 5.48. The highest BCUT2D eigenvalue weighted by Gasteiger charge is 2.20. The van der Waals surface area contributed by atoms with Gasteiger partial charge in [0.1, 0.15) is 11.4 Å². The van der Waals surface area contributed by atoms with E-state index < -0.39 is 0 Å². The van der Waals surface area contributed by atoms with Crippen molar-refractivity contribution in [3.63, 3.8) is 0 Å². The van der Waals surface area contributed by atoms with Crippen molar-refractivity contribution in [2.24, 2.45) is 0 Å². The van der Waals surface area contributed by atoms with E-state index in [0.29, 0.717) is 0 Å². The molecule has 0 saturated carbocycles. The van der Waals surface area contributed by atoms with Crippen LogP contribution in [0.4, 0.5) is 22.7 Å². The summed E-state index contributed by atoms with van der Waals surface area (Å²) in [5.41, 5.74) is 2.45. The van der Waals surface area contributed by atoms with Gasteiger partial charge in [-0.1, -0.05) is 19.3 Å². The van der Waals surface area contributed by atoms with Crippen molar-refractivity contribution in [3.8, 4) is 0 Å². The van der Waals surface area contributed by atoms with Crippen molar-refractivity contribution >= 4 is 22.7 Å². The molecule has 0 heterocycles. The number of non-ortho nitro benzene ring substituents is 2. The van der Waals surface area contributed by atoms with Crippen LogP contribution in [0.5, 0.6) is 0 Å². The molecular formula is C25H42Br2N4O6. The minimum atomic E-state index is -0.362. The van der Waals surface area contributed by atoms with Crippen LogP contribution >= 0.6 is 0 Å². The van der Waals surface area contributed by atoms with E-state index >= 15 is 0 Å². The van der Waals surface area contributed by atoms with E-state index in [1.165, 1.54) is 32.1 Å². The molecule has 2 rings (SSSR count). The predicted octanol–water partition coefficient (Wildman–Crippen LogP) is -1.57. The Bertz CT molecular complexity index is 850. The summed E-state index contributed by atoms with van der Waals surface area (Å²) in [7, 11) is 8.58. The van der Waals surface area contributed by atoms with E-state index in [1.807, 2.05) is 24.3 Å². The molecule has 0 atom stereocenters. The summed E-state index contributed by atoms with van der Waals surface area (Å²) in [6.45, 7) is 2.03. The lowest BCUT2D eigenvalue weighted by atomic mass is 10.1. The molecule has 0 saturated heterocycles. The molecule has 0 aliphatic rings. The fourth-order valence-electron chi connectivity index (χ4n) is 4.11. The summed E-state index contributed by atoms with van der Waals surface area (Å²) in [4.78, 5) is 20.9. The van der Waals surface area contributed by atoms with Crippen molar-refractivity contribution in [2.45, 2.75) is 44.9 Å². The number of hydrogen-bond donors (Lipinski definition) is 0. The van der Waals surface area contributed by atoms with Crippen molar-refractivity contribution in [3.05, 3.63) is 68.8 Å². The molecule has 0 aliphatic carbocycles. The molecule has 212 valence electrons. The summed E-state index contributed by atoms with van der Waals surface area (Å²) in [6.07, 6.45) is 8.33. The van der Waals surface area contributed by atoms with E-state index in [-0.39, 0.29) is 66.1 Å². The van der Waals surface area contributed by atoms with Gasteiger partial charge < -0.3 is 44.9 Å². The van der Waals surface area contributed by atoms with Gasteiger partial charge in [0.25, 0.3) is 11.4 Å². The first kappa shape index (κ1) is 39.6. The lowest BCUT2D eigenvalue weighted by Crippen LogP contribution is -3.00. The Hall–Kier alpha value is -1.96. The summed E-state index contributed by atoms with van der Waals surface area (Å²) in [5.74, 6) is 0. The van der Waals surface area contributed by atoms with E-state index in [2.05, 4.69) is 28.2 Å². The zero-order chi connectivity index (χ0) is 24.5. The fourth-order valence-corrected chi connectivity index (χ4v) is 4.11. The van der Waals surface area contributed by atoms with Crippen LogP contribution in [0, 0.1) is 20.2 Å². The van der Waals surface area contributed by atoms with Gasteiger partial charge in [-0.15, -0.1) is 0 Å². The van der Waals surface area contributed by atoms with Gasteiger partial charge in [0.2, 0.25) is 0 Å². The molecule has 0 aliphatic heterocycles. The Balaban J connectivity index is -0.00000289. The Kier molecular flexibility index (Phi) is 19.6. The molecule has 0 amide bonds. The van der Waals surface area contributed by atoms with Crippen molar-refractivity contribution < 1.29 is 54.8 Å². The topological polar surface area (TPSA) is 149 Å². The lowest BCUT2D eigenvalue weighted by molar-refractivity contribution is -0.385. The molecule has 0 bridgehead atoms. The van der Waals surface area contributed by atoms with E-state index in [4.69, 9.17) is 0 Å². The van der Waals surface area contributed by atoms with Crippen molar-refractivity contribution in [2.75, 3.05) is 41.3 Å². The highest BCUT2D eigenvalue weighted by Crippen LogP contribution is 2.25. The van der Waals surface area contributed by atoms with Gasteiger partial charge in [-0.05, 0) is 25.7 Å². The second-order valence-corrected chi connectivity index (χ2v) is 9.84. The summed E-state index contributed by atoms with van der Waals surface area (Å²) < 4.78 is 1.46. The number of halogens is 2. The smallest absolute Gasteiger partial charge is 0.269 e. The normalized spacial score (nSPS) is 10.7. The first-order valence-electron chi connectivity index (χ1n) is 11.7. The SMILES string of the molecule is C[N+](C)(CCCCCCCCC[N+](C)(C)c1ccc([N+](=O)[O-])cc1)c1ccc([N+](=O)[O-])cc1.O.O.[Br-].[Br-]. The molecule has 0 fully saturated rings. The van der Waals surface area contributed by atoms with Crippen LogP contribution in [0.2, 0.25) is 0 Å². The first-order valence-corrected chi connectivity index (χ1v) is 11.7. The standard InChI is InChI=1S/C25H38N4O4.2BrH.2H2O/c1-28(2,24-16-12-22(13-17-24)26(30)31)20-10-8-6-5-7-9-11-21-29(3,4)25-18-14-23(15-19-25)27(32)33;;;;/h12-19H,5-11,20-21H2,1-4H3;2*1H;2*1H2/q+2;;;;/p-2. The van der Waals surface area contributed by atoms with Crippen LogP contribution < -0.4 is 42.9 Å². The molecule has 2 aromatic carbocycles. The number of unbranched alkanes of at least 4 members (excludes halogenated alkanes) is 6. The largest absolute Gasteiger partial charge is 1.00 e. The Morgan fingerprint density at radius 3 is 1.03 bits per heavy atom. The molecule has 0 aromatic heterocycles. The maximum atomic E-state index is 10.8. The minimum Gasteiger partial charge on any atom is -1.00 e. The van der Waals surface area contributed by atoms with E-state index in [0.717, 1.165) is 46.3 Å². The quantitative estimate of drug-likeness (QED) is 0.105. The summed E-state index contributed by atoms with van der Waals surface area (Å²) >= 11 is 0. The van der Waals surface area contributed by atoms with Gasteiger partial charge in [0.05, 0.1) is 51.1 Å². The summed E-state index contributed by atoms with van der Waals surface area (Å²) in [5, 5.41) is 21.6. The fraction of sp³-hybridized carbons (Fsp3) is 0.520. The molecule has 37 heavy (non-hydrogen) atoms. The lowest BCUT2D eigenvalue weighted by Gasteiger charge is -2.29. The maximum Gasteiger partial charge on any atom is 0.269 e. The maximum absolute atomic E-state index is 10.8. The second-order valence-electron chi connectivity index (χ2n) is 9.84. The Labute approximate surface area is 240 Å². The van der Waals surface area contributed by atoms with E-state index in [1.54, 1.807) is 24.3 Å². The monoisotopic (exact) mass is 652 g/mol. The van der Waals surface area contributed by atoms with Crippen LogP contribution in [0.1, 0.15) is 44.9 Å². The predicted molar refractivity (Wildman–Crippen MR) is 143 cm³/mol. The third kappa shape index (κ3) is 12.9. The number of quaternary nitrogens is 2. The number of rotatable bonds is 14. The molecule has 10 nitrogen and oxygen atoms in total. The number of nitro groups is 2. The van der Waals surface area contributed by atoms with Crippen LogP contribution in [-0.4, -0.2) is 62.1 Å². The third-order valence-corrected chi connectivity index (χ3v) is 6.45. The van der Waals surface area contributed by atoms with Gasteiger partial charge in [0, 0.05) is 48.5 Å². The van der Waals surface area contributed by atoms with E-state index in [9.17, 15) is 20.2 Å². The molecule has 0 spiro atoms. The van der Waals surface area contributed by atoms with Gasteiger partial charge in [-0.2, -0.15) is 0 Å². The molecule has 2 aromatic rings. The minimum absolute atomic E-state index is 0. The van der Waals surface area contributed by atoms with Crippen molar-refractivity contribution in [1.82, 2.24) is 8.97 Å². The summed E-state index contributed by atoms with van der Waals surface area (Å²) in [6, 6.07) is 13.7. The molecule has 4 N–H and O–H groups in total. The molecule has 12 heteroatoms. The average Bonchev–Trinajstić information content (AvgIpc) is 2.78. The molecule has 0 radical (unpaired) electrons.